The maximum absolute atomic E-state index is 13.5. The summed E-state index contributed by atoms with van der Waals surface area (Å²) in [6, 6.07) is 18.3. The molecule has 0 radical (unpaired) electrons. The largest absolute Gasteiger partial charge is 0.481 e. The standard InChI is InChI=1S/C25H32N2O5/c26-14-8-7-13-25(27,24(31)32)22(28)20(15-18-9-3-1-4-10-18)17-21(23(29)30)16-19-11-5-2-6-12-19/h1-6,9-12,20-21H,7-8,13-17,26-27H2,(H,29,30)(H,31,32)/t20-,21-,25-/m1/s1. The molecular formula is C25H32N2O5. The molecule has 7 heteroatoms. The highest BCUT2D eigenvalue weighted by atomic mass is 16.4. The van der Waals surface area contributed by atoms with E-state index in [-0.39, 0.29) is 25.7 Å². The van der Waals surface area contributed by atoms with Crippen LogP contribution in [0.1, 0.15) is 36.8 Å². The smallest absolute Gasteiger partial charge is 0.331 e. The fraction of sp³-hybridized carbons (Fsp3) is 0.400. The molecule has 2 rings (SSSR count). The van der Waals surface area contributed by atoms with Gasteiger partial charge in [0.1, 0.15) is 0 Å². The van der Waals surface area contributed by atoms with E-state index in [4.69, 9.17) is 11.5 Å². The molecule has 32 heavy (non-hydrogen) atoms. The Balaban J connectivity index is 2.33. The SMILES string of the molecule is NCCCC[C@](N)(C(=O)O)C(=O)[C@H](Cc1ccccc1)C[C@@H](Cc1ccccc1)C(=O)O. The third-order valence-corrected chi connectivity index (χ3v) is 5.79. The highest BCUT2D eigenvalue weighted by molar-refractivity contribution is 6.08. The first-order valence-corrected chi connectivity index (χ1v) is 10.8. The van der Waals surface area contributed by atoms with Gasteiger partial charge >= 0.3 is 11.9 Å². The van der Waals surface area contributed by atoms with Gasteiger partial charge in [0.25, 0.3) is 0 Å². The van der Waals surface area contributed by atoms with Crippen LogP contribution < -0.4 is 11.5 Å². The first-order chi connectivity index (χ1) is 15.3. The summed E-state index contributed by atoms with van der Waals surface area (Å²) in [4.78, 5) is 37.6. The summed E-state index contributed by atoms with van der Waals surface area (Å²) in [5, 5.41) is 19.6. The van der Waals surface area contributed by atoms with Gasteiger partial charge in [-0.15, -0.1) is 0 Å². The Labute approximate surface area is 188 Å². The number of unbranched alkanes of at least 4 members (excludes halogenated alkanes) is 1. The first kappa shape index (κ1) is 25.2. The number of aliphatic carboxylic acids is 2. The molecule has 0 fully saturated rings. The minimum Gasteiger partial charge on any atom is -0.481 e. The molecule has 0 saturated carbocycles. The normalized spacial score (nSPS) is 14.8. The molecule has 2 aromatic carbocycles. The summed E-state index contributed by atoms with van der Waals surface area (Å²) in [7, 11) is 0. The zero-order valence-corrected chi connectivity index (χ0v) is 18.2. The molecule has 0 aliphatic carbocycles. The topological polar surface area (TPSA) is 144 Å². The lowest BCUT2D eigenvalue weighted by Crippen LogP contribution is -2.57. The summed E-state index contributed by atoms with van der Waals surface area (Å²) in [5.41, 5.74) is 11.2. The molecule has 0 unspecified atom stereocenters. The molecule has 0 aromatic heterocycles. The monoisotopic (exact) mass is 440 g/mol. The van der Waals surface area contributed by atoms with Crippen molar-refractivity contribution in [3.05, 3.63) is 71.8 Å². The van der Waals surface area contributed by atoms with E-state index in [1.807, 2.05) is 60.7 Å². The number of carbonyl (C=O) groups is 3. The van der Waals surface area contributed by atoms with Crippen LogP contribution in [0.25, 0.3) is 0 Å². The molecule has 0 bridgehead atoms. The van der Waals surface area contributed by atoms with Gasteiger partial charge in [0.05, 0.1) is 5.92 Å². The fourth-order valence-corrected chi connectivity index (χ4v) is 3.94. The van der Waals surface area contributed by atoms with Crippen LogP contribution in [0.3, 0.4) is 0 Å². The molecule has 0 aliphatic heterocycles. The Morgan fingerprint density at radius 1 is 0.812 bits per heavy atom. The maximum atomic E-state index is 13.5. The summed E-state index contributed by atoms with van der Waals surface area (Å²) in [5.74, 6) is -4.75. The molecule has 0 aliphatic rings. The van der Waals surface area contributed by atoms with Crippen molar-refractivity contribution in [2.75, 3.05) is 6.54 Å². The third kappa shape index (κ3) is 7.00. The van der Waals surface area contributed by atoms with Gasteiger partial charge in [0, 0.05) is 5.92 Å². The Morgan fingerprint density at radius 3 is 1.75 bits per heavy atom. The van der Waals surface area contributed by atoms with Gasteiger partial charge in [-0.25, -0.2) is 4.79 Å². The van der Waals surface area contributed by atoms with Crippen molar-refractivity contribution in [3.8, 4) is 0 Å². The summed E-state index contributed by atoms with van der Waals surface area (Å²) in [6.07, 6.45) is 1.37. The van der Waals surface area contributed by atoms with Crippen LogP contribution in [0.4, 0.5) is 0 Å². The Morgan fingerprint density at radius 2 is 1.31 bits per heavy atom. The first-order valence-electron chi connectivity index (χ1n) is 10.8. The number of carboxylic acid groups (broad SMARTS) is 2. The van der Waals surface area contributed by atoms with Gasteiger partial charge in [0.15, 0.2) is 11.3 Å². The number of Topliss-reactive ketones (excluding diaryl/α,β-unsaturated/α-hetero) is 1. The quantitative estimate of drug-likeness (QED) is 0.261. The van der Waals surface area contributed by atoms with Crippen molar-refractivity contribution < 1.29 is 24.6 Å². The van der Waals surface area contributed by atoms with E-state index in [9.17, 15) is 24.6 Å². The van der Waals surface area contributed by atoms with E-state index in [1.54, 1.807) is 0 Å². The van der Waals surface area contributed by atoms with Crippen molar-refractivity contribution in [3.63, 3.8) is 0 Å². The molecule has 3 atom stereocenters. The van der Waals surface area contributed by atoms with Crippen LogP contribution >= 0.6 is 0 Å². The van der Waals surface area contributed by atoms with Gasteiger partial charge in [-0.3, -0.25) is 9.59 Å². The van der Waals surface area contributed by atoms with E-state index in [0.29, 0.717) is 19.4 Å². The summed E-state index contributed by atoms with van der Waals surface area (Å²) < 4.78 is 0. The lowest BCUT2D eigenvalue weighted by Gasteiger charge is -2.29. The number of rotatable bonds is 14. The third-order valence-electron chi connectivity index (χ3n) is 5.79. The highest BCUT2D eigenvalue weighted by Gasteiger charge is 2.45. The zero-order chi connectivity index (χ0) is 23.6. The van der Waals surface area contributed by atoms with Crippen LogP contribution in [0.5, 0.6) is 0 Å². The Hall–Kier alpha value is -3.03. The van der Waals surface area contributed by atoms with Crippen molar-refractivity contribution in [2.45, 2.75) is 44.1 Å². The minimum absolute atomic E-state index is 0.00107. The van der Waals surface area contributed by atoms with Crippen molar-refractivity contribution in [1.82, 2.24) is 0 Å². The number of hydrogen-bond donors (Lipinski definition) is 4. The second kappa shape index (κ2) is 12.1. The van der Waals surface area contributed by atoms with E-state index >= 15 is 0 Å². The number of carbonyl (C=O) groups excluding carboxylic acids is 1. The molecule has 172 valence electrons. The molecule has 0 amide bonds. The minimum atomic E-state index is -2.08. The predicted octanol–water partition coefficient (Wildman–Crippen LogP) is 2.66. The maximum Gasteiger partial charge on any atom is 0.331 e. The molecule has 0 saturated heterocycles. The van der Waals surface area contributed by atoms with Crippen LogP contribution in [-0.2, 0) is 27.2 Å². The Bertz CT molecular complexity index is 888. The van der Waals surface area contributed by atoms with E-state index in [1.165, 1.54) is 0 Å². The second-order valence-electron chi connectivity index (χ2n) is 8.23. The Kier molecular flexibility index (Phi) is 9.56. The van der Waals surface area contributed by atoms with Gasteiger partial charge in [-0.1, -0.05) is 60.7 Å². The average Bonchev–Trinajstić information content (AvgIpc) is 2.78. The van der Waals surface area contributed by atoms with E-state index in [2.05, 4.69) is 0 Å². The van der Waals surface area contributed by atoms with Gasteiger partial charge in [-0.2, -0.15) is 0 Å². The van der Waals surface area contributed by atoms with Crippen LogP contribution in [0.2, 0.25) is 0 Å². The number of hydrogen-bond acceptors (Lipinski definition) is 5. The molecule has 2 aromatic rings. The molecule has 0 spiro atoms. The van der Waals surface area contributed by atoms with E-state index < -0.39 is 35.1 Å². The van der Waals surface area contributed by atoms with Crippen molar-refractivity contribution >= 4 is 17.7 Å². The van der Waals surface area contributed by atoms with Gasteiger partial charge in [0.2, 0.25) is 0 Å². The molecular weight excluding hydrogens is 408 g/mol. The number of carboxylic acids is 2. The lowest BCUT2D eigenvalue weighted by molar-refractivity contribution is -0.150. The van der Waals surface area contributed by atoms with E-state index in [0.717, 1.165) is 11.1 Å². The molecule has 6 N–H and O–H groups in total. The summed E-state index contributed by atoms with van der Waals surface area (Å²) in [6.45, 7) is 0.371. The van der Waals surface area contributed by atoms with Crippen molar-refractivity contribution in [2.24, 2.45) is 23.3 Å². The van der Waals surface area contributed by atoms with Crippen LogP contribution in [0.15, 0.2) is 60.7 Å². The lowest BCUT2D eigenvalue weighted by atomic mass is 9.76. The average molecular weight is 441 g/mol. The molecule has 0 heterocycles. The van der Waals surface area contributed by atoms with Crippen LogP contribution in [0, 0.1) is 11.8 Å². The van der Waals surface area contributed by atoms with Gasteiger partial charge in [-0.05, 0) is 56.2 Å². The number of ketones is 1. The van der Waals surface area contributed by atoms with Gasteiger partial charge < -0.3 is 21.7 Å². The second-order valence-corrected chi connectivity index (χ2v) is 8.23. The van der Waals surface area contributed by atoms with Crippen molar-refractivity contribution in [1.29, 1.82) is 0 Å². The zero-order valence-electron chi connectivity index (χ0n) is 18.2. The predicted molar refractivity (Wildman–Crippen MR) is 122 cm³/mol. The molecule has 7 nitrogen and oxygen atoms in total. The van der Waals surface area contributed by atoms with Crippen LogP contribution in [-0.4, -0.2) is 40.0 Å². The highest BCUT2D eigenvalue weighted by Crippen LogP contribution is 2.28. The fourth-order valence-electron chi connectivity index (χ4n) is 3.94. The number of nitrogens with two attached hydrogens (primary N) is 2. The summed E-state index contributed by atoms with van der Waals surface area (Å²) >= 11 is 0. The number of benzene rings is 2.